The van der Waals surface area contributed by atoms with Crippen LogP contribution in [0.15, 0.2) is 29.6 Å². The molecule has 26 heavy (non-hydrogen) atoms. The fourth-order valence-corrected chi connectivity index (χ4v) is 4.11. The van der Waals surface area contributed by atoms with E-state index in [0.29, 0.717) is 39.1 Å². The molecule has 2 aliphatic rings. The molecule has 2 saturated heterocycles. The highest BCUT2D eigenvalue weighted by atomic mass is 32.1. The van der Waals surface area contributed by atoms with Gasteiger partial charge in [0.05, 0.1) is 25.3 Å². The summed E-state index contributed by atoms with van der Waals surface area (Å²) in [5.41, 5.74) is 2.81. The van der Waals surface area contributed by atoms with Crippen molar-refractivity contribution in [3.63, 3.8) is 0 Å². The van der Waals surface area contributed by atoms with E-state index in [1.165, 1.54) is 11.3 Å². The molecule has 136 valence electrons. The van der Waals surface area contributed by atoms with Crippen LogP contribution < -0.4 is 4.90 Å². The number of anilines is 1. The number of ether oxygens (including phenoxy) is 1. The van der Waals surface area contributed by atoms with Crippen LogP contribution in [-0.2, 0) is 20.7 Å². The van der Waals surface area contributed by atoms with Gasteiger partial charge in [0, 0.05) is 42.7 Å². The Morgan fingerprint density at radius 2 is 1.92 bits per heavy atom. The lowest BCUT2D eigenvalue weighted by atomic mass is 10.1. The van der Waals surface area contributed by atoms with Gasteiger partial charge in [0.15, 0.2) is 0 Å². The Hall–Kier alpha value is -2.25. The highest BCUT2D eigenvalue weighted by molar-refractivity contribution is 7.10. The van der Waals surface area contributed by atoms with Crippen molar-refractivity contribution in [3.8, 4) is 11.3 Å². The summed E-state index contributed by atoms with van der Waals surface area (Å²) in [6, 6.07) is 7.92. The van der Waals surface area contributed by atoms with Crippen LogP contribution in [0.2, 0.25) is 0 Å². The van der Waals surface area contributed by atoms with Gasteiger partial charge in [-0.05, 0) is 18.6 Å². The van der Waals surface area contributed by atoms with E-state index in [9.17, 15) is 9.59 Å². The van der Waals surface area contributed by atoms with E-state index in [1.807, 2.05) is 39.4 Å². The summed E-state index contributed by atoms with van der Waals surface area (Å²) in [6.07, 6.45) is 1.90. The molecule has 2 fully saturated rings. The fourth-order valence-electron chi connectivity index (χ4n) is 3.31. The molecule has 2 aromatic rings. The largest absolute Gasteiger partial charge is 0.378 e. The molecule has 7 heteroatoms. The van der Waals surface area contributed by atoms with Crippen molar-refractivity contribution in [1.82, 2.24) is 9.88 Å². The second-order valence-corrected chi connectivity index (χ2v) is 7.43. The van der Waals surface area contributed by atoms with Crippen LogP contribution in [0.1, 0.15) is 17.8 Å². The number of carbonyl (C=O) groups is 2. The zero-order chi connectivity index (χ0) is 17.9. The highest BCUT2D eigenvalue weighted by Crippen LogP contribution is 2.27. The molecule has 0 unspecified atom stereocenters. The highest BCUT2D eigenvalue weighted by Gasteiger charge is 2.22. The number of carbonyl (C=O) groups excluding carboxylic acids is 2. The van der Waals surface area contributed by atoms with Gasteiger partial charge in [-0.3, -0.25) is 9.59 Å². The van der Waals surface area contributed by atoms with Crippen molar-refractivity contribution < 1.29 is 14.3 Å². The number of benzene rings is 1. The molecule has 6 nitrogen and oxygen atoms in total. The summed E-state index contributed by atoms with van der Waals surface area (Å²) in [7, 11) is 0. The van der Waals surface area contributed by atoms with Gasteiger partial charge < -0.3 is 14.5 Å². The molecular weight excluding hydrogens is 350 g/mol. The quantitative estimate of drug-likeness (QED) is 0.828. The lowest BCUT2D eigenvalue weighted by Crippen LogP contribution is -2.41. The first kappa shape index (κ1) is 17.2. The molecule has 1 aromatic carbocycles. The first-order valence-corrected chi connectivity index (χ1v) is 9.79. The van der Waals surface area contributed by atoms with E-state index in [0.717, 1.165) is 34.9 Å². The second-order valence-electron chi connectivity index (χ2n) is 6.49. The Bertz CT molecular complexity index is 797. The Kier molecular flexibility index (Phi) is 4.99. The maximum Gasteiger partial charge on any atom is 0.229 e. The van der Waals surface area contributed by atoms with E-state index in [-0.39, 0.29) is 11.8 Å². The van der Waals surface area contributed by atoms with Crippen molar-refractivity contribution in [2.24, 2.45) is 0 Å². The van der Waals surface area contributed by atoms with Crippen LogP contribution in [-0.4, -0.2) is 54.5 Å². The predicted octanol–water partition coefficient (Wildman–Crippen LogP) is 2.34. The Balaban J connectivity index is 1.42. The van der Waals surface area contributed by atoms with Crippen LogP contribution in [0, 0.1) is 0 Å². The number of rotatable bonds is 4. The topological polar surface area (TPSA) is 62.7 Å². The van der Waals surface area contributed by atoms with Crippen molar-refractivity contribution in [3.05, 3.63) is 34.7 Å². The SMILES string of the molecule is O=C(Cc1nc(-c2ccc(N3CCCC3=O)cc2)cs1)N1CCOCC1. The number of amides is 2. The summed E-state index contributed by atoms with van der Waals surface area (Å²) in [5.74, 6) is 0.299. The van der Waals surface area contributed by atoms with Crippen molar-refractivity contribution in [2.75, 3.05) is 37.7 Å². The fraction of sp³-hybridized carbons (Fsp3) is 0.421. The van der Waals surface area contributed by atoms with E-state index < -0.39 is 0 Å². The van der Waals surface area contributed by atoms with Crippen molar-refractivity contribution in [2.45, 2.75) is 19.3 Å². The van der Waals surface area contributed by atoms with Gasteiger partial charge in [-0.1, -0.05) is 12.1 Å². The maximum atomic E-state index is 12.3. The van der Waals surface area contributed by atoms with Gasteiger partial charge in [0.2, 0.25) is 11.8 Å². The third-order valence-corrected chi connectivity index (χ3v) is 5.61. The second kappa shape index (κ2) is 7.55. The summed E-state index contributed by atoms with van der Waals surface area (Å²) in [5, 5.41) is 2.81. The van der Waals surface area contributed by atoms with Crippen molar-refractivity contribution >= 4 is 28.8 Å². The molecule has 0 radical (unpaired) electrons. The van der Waals surface area contributed by atoms with Crippen LogP contribution in [0.3, 0.4) is 0 Å². The summed E-state index contributed by atoms with van der Waals surface area (Å²) >= 11 is 1.51. The molecule has 0 bridgehead atoms. The molecular formula is C19H21N3O3S. The van der Waals surface area contributed by atoms with Crippen LogP contribution in [0.4, 0.5) is 5.69 Å². The molecule has 1 aromatic heterocycles. The third kappa shape index (κ3) is 3.64. The number of hydrogen-bond donors (Lipinski definition) is 0. The van der Waals surface area contributed by atoms with Crippen LogP contribution in [0.5, 0.6) is 0 Å². The Morgan fingerprint density at radius 3 is 2.62 bits per heavy atom. The Labute approximate surface area is 156 Å². The normalized spacial score (nSPS) is 17.8. The average Bonchev–Trinajstić information content (AvgIpc) is 3.32. The molecule has 0 spiro atoms. The van der Waals surface area contributed by atoms with Gasteiger partial charge in [-0.2, -0.15) is 0 Å². The van der Waals surface area contributed by atoms with Gasteiger partial charge in [-0.25, -0.2) is 4.98 Å². The minimum Gasteiger partial charge on any atom is -0.378 e. The average molecular weight is 371 g/mol. The van der Waals surface area contributed by atoms with Gasteiger partial charge in [0.1, 0.15) is 5.01 Å². The number of morpholine rings is 1. The van der Waals surface area contributed by atoms with E-state index in [4.69, 9.17) is 4.74 Å². The molecule has 0 N–H and O–H groups in total. The van der Waals surface area contributed by atoms with Crippen LogP contribution >= 0.6 is 11.3 Å². The lowest BCUT2D eigenvalue weighted by molar-refractivity contribution is -0.134. The molecule has 0 saturated carbocycles. The summed E-state index contributed by atoms with van der Waals surface area (Å²) in [6.45, 7) is 3.34. The maximum absolute atomic E-state index is 12.3. The molecule has 2 aliphatic heterocycles. The van der Waals surface area contributed by atoms with Crippen LogP contribution in [0.25, 0.3) is 11.3 Å². The number of thiazole rings is 1. The number of aromatic nitrogens is 1. The third-order valence-electron chi connectivity index (χ3n) is 4.77. The minimum absolute atomic E-state index is 0.108. The predicted molar refractivity (Wildman–Crippen MR) is 100 cm³/mol. The van der Waals surface area contributed by atoms with E-state index in [2.05, 4.69) is 4.98 Å². The molecule has 0 aliphatic carbocycles. The standard InChI is InChI=1S/C19H21N3O3S/c23-18-2-1-7-22(18)15-5-3-14(4-6-15)16-13-26-17(20-16)12-19(24)21-8-10-25-11-9-21/h3-6,13H,1-2,7-12H2. The van der Waals surface area contributed by atoms with Gasteiger partial charge in [0.25, 0.3) is 0 Å². The van der Waals surface area contributed by atoms with E-state index >= 15 is 0 Å². The number of nitrogens with zero attached hydrogens (tertiary/aromatic N) is 3. The molecule has 4 rings (SSSR count). The van der Waals surface area contributed by atoms with Gasteiger partial charge >= 0.3 is 0 Å². The van der Waals surface area contributed by atoms with Gasteiger partial charge in [-0.15, -0.1) is 11.3 Å². The number of hydrogen-bond acceptors (Lipinski definition) is 5. The molecule has 3 heterocycles. The minimum atomic E-state index is 0.108. The Morgan fingerprint density at radius 1 is 1.15 bits per heavy atom. The summed E-state index contributed by atoms with van der Waals surface area (Å²) in [4.78, 5) is 32.5. The summed E-state index contributed by atoms with van der Waals surface area (Å²) < 4.78 is 5.28. The van der Waals surface area contributed by atoms with Crippen molar-refractivity contribution in [1.29, 1.82) is 0 Å². The monoisotopic (exact) mass is 371 g/mol. The zero-order valence-corrected chi connectivity index (χ0v) is 15.3. The smallest absolute Gasteiger partial charge is 0.229 e. The zero-order valence-electron chi connectivity index (χ0n) is 14.5. The first-order valence-electron chi connectivity index (χ1n) is 8.91. The molecule has 0 atom stereocenters. The molecule has 2 amide bonds. The van der Waals surface area contributed by atoms with E-state index in [1.54, 1.807) is 0 Å². The first-order chi connectivity index (χ1) is 12.7. The lowest BCUT2D eigenvalue weighted by Gasteiger charge is -2.26.